The third-order valence-electron chi connectivity index (χ3n) is 3.54. The molecule has 1 heterocycles. The lowest BCUT2D eigenvalue weighted by Crippen LogP contribution is -2.39. The van der Waals surface area contributed by atoms with E-state index in [-0.39, 0.29) is 60.6 Å². The SMILES string of the molecule is C[C@H]1CC(=O)N(CCNC(=O)CSCC(=O)NC2CC2)C1=O. The summed E-state index contributed by atoms with van der Waals surface area (Å²) >= 11 is 1.25. The zero-order chi connectivity index (χ0) is 16.1. The molecule has 2 rings (SSSR count). The van der Waals surface area contributed by atoms with E-state index in [1.165, 1.54) is 16.7 Å². The van der Waals surface area contributed by atoms with E-state index in [4.69, 9.17) is 0 Å². The van der Waals surface area contributed by atoms with Crippen molar-refractivity contribution in [3.05, 3.63) is 0 Å². The van der Waals surface area contributed by atoms with E-state index in [9.17, 15) is 19.2 Å². The second kappa shape index (κ2) is 7.62. The van der Waals surface area contributed by atoms with Crippen LogP contribution in [-0.4, -0.2) is 59.2 Å². The number of hydrogen-bond donors (Lipinski definition) is 2. The largest absolute Gasteiger partial charge is 0.354 e. The molecule has 1 saturated heterocycles. The maximum absolute atomic E-state index is 11.7. The average molecular weight is 327 g/mol. The van der Waals surface area contributed by atoms with Crippen LogP contribution in [0.3, 0.4) is 0 Å². The zero-order valence-electron chi connectivity index (χ0n) is 12.6. The topological polar surface area (TPSA) is 95.6 Å². The van der Waals surface area contributed by atoms with Crippen LogP contribution in [0.25, 0.3) is 0 Å². The van der Waals surface area contributed by atoms with E-state index < -0.39 is 0 Å². The van der Waals surface area contributed by atoms with E-state index in [0.717, 1.165) is 12.8 Å². The van der Waals surface area contributed by atoms with E-state index in [1.807, 2.05) is 0 Å². The van der Waals surface area contributed by atoms with Gasteiger partial charge in [-0.25, -0.2) is 0 Å². The van der Waals surface area contributed by atoms with Crippen LogP contribution in [0.4, 0.5) is 0 Å². The van der Waals surface area contributed by atoms with E-state index in [0.29, 0.717) is 6.04 Å². The van der Waals surface area contributed by atoms with Crippen LogP contribution in [0.5, 0.6) is 0 Å². The number of thioether (sulfide) groups is 1. The van der Waals surface area contributed by atoms with Crippen molar-refractivity contribution in [1.29, 1.82) is 0 Å². The number of carbonyl (C=O) groups is 4. The molecule has 0 unspecified atom stereocenters. The van der Waals surface area contributed by atoms with Crippen molar-refractivity contribution < 1.29 is 19.2 Å². The Hall–Kier alpha value is -1.57. The summed E-state index contributed by atoms with van der Waals surface area (Å²) in [7, 11) is 0. The maximum atomic E-state index is 11.7. The van der Waals surface area contributed by atoms with Gasteiger partial charge in [-0.15, -0.1) is 11.8 Å². The number of nitrogens with one attached hydrogen (secondary N) is 2. The summed E-state index contributed by atoms with van der Waals surface area (Å²) in [5, 5.41) is 5.50. The second-order valence-electron chi connectivity index (χ2n) is 5.67. The number of nitrogens with zero attached hydrogens (tertiary/aromatic N) is 1. The van der Waals surface area contributed by atoms with Crippen LogP contribution in [0.15, 0.2) is 0 Å². The Labute approximate surface area is 133 Å². The molecule has 4 amide bonds. The van der Waals surface area contributed by atoms with Crippen LogP contribution in [0.1, 0.15) is 26.2 Å². The normalized spacial score (nSPS) is 21.1. The summed E-state index contributed by atoms with van der Waals surface area (Å²) in [6, 6.07) is 0.333. The molecule has 0 radical (unpaired) electrons. The Morgan fingerprint density at radius 1 is 1.23 bits per heavy atom. The van der Waals surface area contributed by atoms with Crippen LogP contribution < -0.4 is 10.6 Å². The summed E-state index contributed by atoms with van der Waals surface area (Å²) in [6.07, 6.45) is 2.34. The van der Waals surface area contributed by atoms with Crippen molar-refractivity contribution in [2.75, 3.05) is 24.6 Å². The van der Waals surface area contributed by atoms with Gasteiger partial charge in [0.25, 0.3) is 0 Å². The molecule has 22 heavy (non-hydrogen) atoms. The van der Waals surface area contributed by atoms with Gasteiger partial charge in [0.1, 0.15) is 0 Å². The molecule has 1 aliphatic carbocycles. The summed E-state index contributed by atoms with van der Waals surface area (Å²) < 4.78 is 0. The van der Waals surface area contributed by atoms with Crippen LogP contribution >= 0.6 is 11.8 Å². The summed E-state index contributed by atoms with van der Waals surface area (Å²) in [4.78, 5) is 47.5. The molecule has 7 nitrogen and oxygen atoms in total. The van der Waals surface area contributed by atoms with Crippen LogP contribution in [0, 0.1) is 5.92 Å². The number of carbonyl (C=O) groups excluding carboxylic acids is 4. The Morgan fingerprint density at radius 2 is 1.91 bits per heavy atom. The van der Waals surface area contributed by atoms with E-state index >= 15 is 0 Å². The van der Waals surface area contributed by atoms with Crippen molar-refractivity contribution in [2.24, 2.45) is 5.92 Å². The first-order chi connectivity index (χ1) is 10.5. The Morgan fingerprint density at radius 3 is 2.50 bits per heavy atom. The molecule has 8 heteroatoms. The van der Waals surface area contributed by atoms with Gasteiger partial charge in [-0.1, -0.05) is 6.92 Å². The van der Waals surface area contributed by atoms with Gasteiger partial charge in [0, 0.05) is 31.5 Å². The lowest BCUT2D eigenvalue weighted by molar-refractivity contribution is -0.139. The molecule has 0 aromatic heterocycles. The first-order valence-corrected chi connectivity index (χ1v) is 8.61. The molecule has 1 aliphatic heterocycles. The average Bonchev–Trinajstić information content (AvgIpc) is 3.22. The van der Waals surface area contributed by atoms with Gasteiger partial charge in [0.2, 0.25) is 23.6 Å². The first kappa shape index (κ1) is 16.8. The minimum atomic E-state index is -0.260. The van der Waals surface area contributed by atoms with E-state index in [1.54, 1.807) is 6.92 Å². The fraction of sp³-hybridized carbons (Fsp3) is 0.714. The van der Waals surface area contributed by atoms with Crippen LogP contribution in [-0.2, 0) is 19.2 Å². The molecule has 2 fully saturated rings. The van der Waals surface area contributed by atoms with Crippen molar-refractivity contribution in [1.82, 2.24) is 15.5 Å². The van der Waals surface area contributed by atoms with Gasteiger partial charge in [-0.2, -0.15) is 0 Å². The highest BCUT2D eigenvalue weighted by Gasteiger charge is 2.34. The number of imide groups is 1. The minimum Gasteiger partial charge on any atom is -0.354 e. The lowest BCUT2D eigenvalue weighted by atomic mass is 10.1. The Kier molecular flexibility index (Phi) is 5.82. The number of hydrogen-bond acceptors (Lipinski definition) is 5. The third-order valence-corrected chi connectivity index (χ3v) is 4.47. The predicted molar refractivity (Wildman–Crippen MR) is 82.0 cm³/mol. The van der Waals surface area contributed by atoms with Gasteiger partial charge < -0.3 is 10.6 Å². The van der Waals surface area contributed by atoms with Crippen molar-refractivity contribution >= 4 is 35.4 Å². The molecule has 0 aromatic carbocycles. The minimum absolute atomic E-state index is 0.0393. The Bertz CT molecular complexity index is 479. The fourth-order valence-corrected chi connectivity index (χ4v) is 2.83. The summed E-state index contributed by atoms with van der Waals surface area (Å²) in [6.45, 7) is 2.18. The maximum Gasteiger partial charge on any atom is 0.232 e. The third kappa shape index (κ3) is 5.01. The lowest BCUT2D eigenvalue weighted by Gasteiger charge is -2.14. The zero-order valence-corrected chi connectivity index (χ0v) is 13.4. The number of amides is 4. The summed E-state index contributed by atoms with van der Waals surface area (Å²) in [5.41, 5.74) is 0. The molecular weight excluding hydrogens is 306 g/mol. The van der Waals surface area contributed by atoms with Crippen LogP contribution in [0.2, 0.25) is 0 Å². The standard InChI is InChI=1S/C14H21N3O4S/c1-9-6-13(20)17(14(9)21)5-4-15-11(18)7-22-8-12(19)16-10-2-3-10/h9-10H,2-8H2,1H3,(H,15,18)(H,16,19)/t9-/m0/s1. The molecule has 0 spiro atoms. The molecule has 122 valence electrons. The smallest absolute Gasteiger partial charge is 0.232 e. The van der Waals surface area contributed by atoms with Gasteiger partial charge in [0.15, 0.2) is 0 Å². The number of rotatable bonds is 8. The molecule has 1 saturated carbocycles. The summed E-state index contributed by atoms with van der Waals surface area (Å²) in [5.74, 6) is -0.396. The highest BCUT2D eigenvalue weighted by Crippen LogP contribution is 2.19. The molecule has 0 aromatic rings. The highest BCUT2D eigenvalue weighted by atomic mass is 32.2. The van der Waals surface area contributed by atoms with Crippen molar-refractivity contribution in [3.63, 3.8) is 0 Å². The second-order valence-corrected chi connectivity index (χ2v) is 6.66. The number of likely N-dealkylation sites (tertiary alicyclic amines) is 1. The molecule has 2 aliphatic rings. The molecule has 2 N–H and O–H groups in total. The van der Waals surface area contributed by atoms with Gasteiger partial charge >= 0.3 is 0 Å². The van der Waals surface area contributed by atoms with Gasteiger partial charge in [-0.3, -0.25) is 24.1 Å². The fourth-order valence-electron chi connectivity index (χ4n) is 2.17. The van der Waals surface area contributed by atoms with E-state index in [2.05, 4.69) is 10.6 Å². The van der Waals surface area contributed by atoms with Gasteiger partial charge in [0.05, 0.1) is 11.5 Å². The van der Waals surface area contributed by atoms with Crippen molar-refractivity contribution in [3.8, 4) is 0 Å². The predicted octanol–water partition coefficient (Wildman–Crippen LogP) is -0.491. The van der Waals surface area contributed by atoms with Crippen molar-refractivity contribution in [2.45, 2.75) is 32.2 Å². The molecule has 1 atom stereocenters. The monoisotopic (exact) mass is 327 g/mol. The first-order valence-electron chi connectivity index (χ1n) is 7.45. The van der Waals surface area contributed by atoms with Gasteiger partial charge in [-0.05, 0) is 12.8 Å². The quantitative estimate of drug-likeness (QED) is 0.587. The molecule has 0 bridgehead atoms. The molecular formula is C14H21N3O4S. The highest BCUT2D eigenvalue weighted by molar-refractivity contribution is 8.00. The Balaban J connectivity index is 1.54.